The predicted octanol–water partition coefficient (Wildman–Crippen LogP) is 4.12. The number of rotatable bonds is 1. The molecule has 0 fully saturated rings. The first-order chi connectivity index (χ1) is 17.1. The van der Waals surface area contributed by atoms with E-state index >= 15 is 0 Å². The monoisotopic (exact) mass is 468 g/mol. The minimum Gasteiger partial charge on any atom is -0.490 e. The third kappa shape index (κ3) is 3.82. The van der Waals surface area contributed by atoms with Crippen molar-refractivity contribution >= 4 is 22.5 Å². The van der Waals surface area contributed by atoms with E-state index in [2.05, 4.69) is 31.4 Å². The summed E-state index contributed by atoms with van der Waals surface area (Å²) in [5.41, 5.74) is 3.42. The molecule has 4 aromatic heterocycles. The Morgan fingerprint density at radius 3 is 2.80 bits per heavy atom. The van der Waals surface area contributed by atoms with Crippen LogP contribution in [-0.2, 0) is 14.1 Å². The average molecular weight is 469 g/mol. The van der Waals surface area contributed by atoms with Crippen molar-refractivity contribution in [3.05, 3.63) is 55.0 Å². The quantitative estimate of drug-likeness (QED) is 0.392. The molecule has 4 bridgehead atoms. The summed E-state index contributed by atoms with van der Waals surface area (Å²) in [5.74, 6) is 3.04. The van der Waals surface area contributed by atoms with Gasteiger partial charge < -0.3 is 14.8 Å². The van der Waals surface area contributed by atoms with Gasteiger partial charge in [-0.25, -0.2) is 19.6 Å². The first-order valence-electron chi connectivity index (χ1n) is 11.4. The maximum atomic E-state index is 6.43. The zero-order valence-corrected chi connectivity index (χ0v) is 19.6. The Bertz CT molecular complexity index is 1540. The maximum Gasteiger partial charge on any atom is 0.222 e. The van der Waals surface area contributed by atoms with E-state index in [4.69, 9.17) is 14.6 Å². The minimum absolute atomic E-state index is 0.118. The van der Waals surface area contributed by atoms with E-state index in [1.165, 1.54) is 0 Å². The van der Waals surface area contributed by atoms with Crippen molar-refractivity contribution in [1.29, 1.82) is 0 Å². The maximum absolute atomic E-state index is 6.43. The van der Waals surface area contributed by atoms with Crippen molar-refractivity contribution in [2.24, 2.45) is 14.1 Å². The summed E-state index contributed by atoms with van der Waals surface area (Å²) in [6.45, 7) is 2.48. The van der Waals surface area contributed by atoms with Gasteiger partial charge in [0, 0.05) is 44.4 Å². The van der Waals surface area contributed by atoms with Crippen LogP contribution in [-0.4, -0.2) is 47.2 Å². The molecule has 0 unspecified atom stereocenters. The van der Waals surface area contributed by atoms with Gasteiger partial charge in [0.15, 0.2) is 5.82 Å². The largest absolute Gasteiger partial charge is 0.490 e. The molecular formula is C25H24N8O2. The molecule has 5 heterocycles. The number of pyridine rings is 1. The van der Waals surface area contributed by atoms with E-state index in [1.807, 2.05) is 50.0 Å². The van der Waals surface area contributed by atoms with Crippen LogP contribution in [0.1, 0.15) is 13.3 Å². The first-order valence-corrected chi connectivity index (χ1v) is 11.4. The average Bonchev–Trinajstić information content (AvgIpc) is 3.39. The second kappa shape index (κ2) is 8.39. The number of para-hydroxylation sites is 1. The van der Waals surface area contributed by atoms with Crippen LogP contribution in [0.15, 0.2) is 55.0 Å². The summed E-state index contributed by atoms with van der Waals surface area (Å²) in [6, 6.07) is 11.8. The molecule has 176 valence electrons. The normalized spacial score (nSPS) is 15.5. The van der Waals surface area contributed by atoms with E-state index in [0.29, 0.717) is 42.1 Å². The van der Waals surface area contributed by atoms with Crippen molar-refractivity contribution in [3.63, 3.8) is 0 Å². The number of nitrogens with one attached hydrogen (secondary N) is 1. The zero-order valence-electron chi connectivity index (χ0n) is 19.6. The van der Waals surface area contributed by atoms with Crippen LogP contribution in [0, 0.1) is 0 Å². The molecule has 35 heavy (non-hydrogen) atoms. The van der Waals surface area contributed by atoms with E-state index in [-0.39, 0.29) is 6.10 Å². The van der Waals surface area contributed by atoms with Gasteiger partial charge in [-0.15, -0.1) is 0 Å². The number of aryl methyl sites for hydroxylation is 2. The van der Waals surface area contributed by atoms with E-state index < -0.39 is 0 Å². The third-order valence-electron chi connectivity index (χ3n) is 6.01. The van der Waals surface area contributed by atoms with E-state index in [1.54, 1.807) is 29.3 Å². The van der Waals surface area contributed by atoms with Crippen LogP contribution in [0.4, 0.5) is 11.6 Å². The Labute approximate surface area is 201 Å². The van der Waals surface area contributed by atoms with Crippen molar-refractivity contribution < 1.29 is 9.47 Å². The number of hydrogen-bond donors (Lipinski definition) is 1. The number of fused-ring (bicyclic) bond motifs is 7. The molecule has 0 spiro atoms. The molecule has 0 radical (unpaired) electrons. The fourth-order valence-corrected chi connectivity index (χ4v) is 4.23. The Morgan fingerprint density at radius 1 is 1.00 bits per heavy atom. The molecule has 1 atom stereocenters. The molecular weight excluding hydrogens is 444 g/mol. The van der Waals surface area contributed by atoms with Gasteiger partial charge in [0.1, 0.15) is 28.6 Å². The lowest BCUT2D eigenvalue weighted by Crippen LogP contribution is -2.17. The lowest BCUT2D eigenvalue weighted by molar-refractivity contribution is 0.173. The Balaban J connectivity index is 1.46. The predicted molar refractivity (Wildman–Crippen MR) is 132 cm³/mol. The number of hydrogen-bond acceptors (Lipinski definition) is 8. The lowest BCUT2D eigenvalue weighted by atomic mass is 10.1. The zero-order chi connectivity index (χ0) is 23.9. The van der Waals surface area contributed by atoms with Gasteiger partial charge in [-0.3, -0.25) is 4.68 Å². The van der Waals surface area contributed by atoms with E-state index in [0.717, 1.165) is 27.7 Å². The highest BCUT2D eigenvalue weighted by atomic mass is 16.5. The molecule has 10 nitrogen and oxygen atoms in total. The van der Waals surface area contributed by atoms with Gasteiger partial charge in [0.2, 0.25) is 5.88 Å². The highest BCUT2D eigenvalue weighted by Crippen LogP contribution is 2.36. The second-order valence-electron chi connectivity index (χ2n) is 8.50. The fraction of sp³-hybridized carbons (Fsp3) is 0.240. The summed E-state index contributed by atoms with van der Waals surface area (Å²) < 4.78 is 16.1. The Kier molecular flexibility index (Phi) is 5.05. The van der Waals surface area contributed by atoms with Gasteiger partial charge >= 0.3 is 0 Å². The fourth-order valence-electron chi connectivity index (χ4n) is 4.23. The summed E-state index contributed by atoms with van der Waals surface area (Å²) in [7, 11) is 3.77. The second-order valence-corrected chi connectivity index (χ2v) is 8.50. The highest BCUT2D eigenvalue weighted by molar-refractivity contribution is 5.94. The molecule has 1 aliphatic heterocycles. The van der Waals surface area contributed by atoms with Crippen LogP contribution < -0.4 is 14.8 Å². The van der Waals surface area contributed by atoms with Gasteiger partial charge in [0.25, 0.3) is 0 Å². The SMILES string of the molecule is C[C@H]1CCOc2c(cnn2C)-c2nccc(n2)Nc2cc(c(-c3nn(C)c4ccccc34)cn2)O1. The van der Waals surface area contributed by atoms with E-state index in [9.17, 15) is 0 Å². The van der Waals surface area contributed by atoms with Crippen LogP contribution in [0.5, 0.6) is 11.6 Å². The molecule has 6 rings (SSSR count). The molecule has 5 aromatic rings. The summed E-state index contributed by atoms with van der Waals surface area (Å²) >= 11 is 0. The Morgan fingerprint density at radius 2 is 1.89 bits per heavy atom. The summed E-state index contributed by atoms with van der Waals surface area (Å²) in [6.07, 6.45) is 5.75. The number of anilines is 2. The lowest BCUT2D eigenvalue weighted by Gasteiger charge is -2.19. The van der Waals surface area contributed by atoms with Crippen LogP contribution in [0.2, 0.25) is 0 Å². The number of benzene rings is 1. The topological polar surface area (TPSA) is 105 Å². The molecule has 10 heteroatoms. The smallest absolute Gasteiger partial charge is 0.222 e. The standard InChI is InChI=1S/C25H24N8O2/c1-15-9-11-34-25-18(14-28-33(25)3)24-26-10-8-21(30-24)29-22-12-20(35-15)17(13-27-22)23-16-6-4-5-7-19(16)32(2)31-23/h4-8,10,12-15H,9,11H2,1-3H3,(H,26,27,29,30)/t15-/m0/s1. The molecule has 0 saturated carbocycles. The van der Waals surface area contributed by atoms with Crippen molar-refractivity contribution in [3.8, 4) is 34.3 Å². The van der Waals surface area contributed by atoms with Gasteiger partial charge in [0.05, 0.1) is 30.0 Å². The van der Waals surface area contributed by atoms with Crippen LogP contribution >= 0.6 is 0 Å². The molecule has 0 amide bonds. The number of nitrogens with zero attached hydrogens (tertiary/aromatic N) is 7. The first kappa shape index (κ1) is 21.1. The van der Waals surface area contributed by atoms with Crippen LogP contribution in [0.25, 0.3) is 33.5 Å². The minimum atomic E-state index is -0.118. The van der Waals surface area contributed by atoms with Crippen molar-refractivity contribution in [1.82, 2.24) is 34.5 Å². The van der Waals surface area contributed by atoms with Gasteiger partial charge in [-0.2, -0.15) is 10.2 Å². The molecule has 1 aliphatic rings. The molecule has 0 aliphatic carbocycles. The molecule has 0 saturated heterocycles. The van der Waals surface area contributed by atoms with Gasteiger partial charge in [-0.05, 0) is 19.1 Å². The summed E-state index contributed by atoms with van der Waals surface area (Å²) in [4.78, 5) is 13.7. The third-order valence-corrected chi connectivity index (χ3v) is 6.01. The van der Waals surface area contributed by atoms with Crippen LogP contribution in [0.3, 0.4) is 0 Å². The summed E-state index contributed by atoms with van der Waals surface area (Å²) in [5, 5.41) is 13.4. The van der Waals surface area contributed by atoms with Gasteiger partial charge in [-0.1, -0.05) is 18.2 Å². The number of aromatic nitrogens is 7. The Hall–Kier alpha value is -4.47. The van der Waals surface area contributed by atoms with Crippen molar-refractivity contribution in [2.45, 2.75) is 19.4 Å². The molecule has 1 aromatic carbocycles. The molecule has 1 N–H and O–H groups in total. The number of ether oxygens (including phenoxy) is 2. The highest BCUT2D eigenvalue weighted by Gasteiger charge is 2.20. The van der Waals surface area contributed by atoms with Crippen molar-refractivity contribution in [2.75, 3.05) is 11.9 Å².